The molecule has 0 atom stereocenters. The van der Waals surface area contributed by atoms with Crippen molar-refractivity contribution in [2.24, 2.45) is 0 Å². The molecule has 0 unspecified atom stereocenters. The Balaban J connectivity index is 1.50. The summed E-state index contributed by atoms with van der Waals surface area (Å²) in [5.74, 6) is -0.0658. The van der Waals surface area contributed by atoms with Crippen LogP contribution in [0.4, 0.5) is 10.5 Å². The van der Waals surface area contributed by atoms with E-state index in [1.807, 2.05) is 37.3 Å². The van der Waals surface area contributed by atoms with Gasteiger partial charge in [0.2, 0.25) is 0 Å². The number of ether oxygens (including phenoxy) is 2. The number of carbonyl (C=O) groups excluding carboxylic acids is 2. The van der Waals surface area contributed by atoms with E-state index in [1.165, 1.54) is 11.1 Å². The van der Waals surface area contributed by atoms with Crippen LogP contribution in [-0.4, -0.2) is 18.7 Å². The molecule has 5 nitrogen and oxygen atoms in total. The predicted octanol–water partition coefficient (Wildman–Crippen LogP) is 5.67. The predicted molar refractivity (Wildman–Crippen MR) is 116 cm³/mol. The first-order chi connectivity index (χ1) is 14.6. The van der Waals surface area contributed by atoms with E-state index < -0.39 is 6.09 Å². The van der Waals surface area contributed by atoms with Gasteiger partial charge in [0.25, 0.3) is 0 Å². The molecule has 4 rings (SSSR count). The molecule has 1 aliphatic carbocycles. The summed E-state index contributed by atoms with van der Waals surface area (Å²) in [6, 6.07) is 21.6. The van der Waals surface area contributed by atoms with Gasteiger partial charge in [0.1, 0.15) is 6.61 Å². The van der Waals surface area contributed by atoms with E-state index in [1.54, 1.807) is 19.1 Å². The number of fused-ring (bicyclic) bond motifs is 3. The number of anilines is 1. The Hall–Kier alpha value is -3.60. The smallest absolute Gasteiger partial charge is 0.411 e. The number of hydrogen-bond donors (Lipinski definition) is 1. The quantitative estimate of drug-likeness (QED) is 0.442. The van der Waals surface area contributed by atoms with Gasteiger partial charge in [-0.25, -0.2) is 4.79 Å². The zero-order chi connectivity index (χ0) is 21.1. The maximum Gasteiger partial charge on any atom is 0.411 e. The first-order valence-electron chi connectivity index (χ1n) is 10.0. The van der Waals surface area contributed by atoms with Crippen LogP contribution in [0.15, 0.2) is 66.7 Å². The van der Waals surface area contributed by atoms with E-state index in [0.717, 1.165) is 16.7 Å². The molecule has 1 amide bonds. The molecule has 152 valence electrons. The van der Waals surface area contributed by atoms with Crippen molar-refractivity contribution in [3.05, 3.63) is 83.4 Å². The van der Waals surface area contributed by atoms with Crippen LogP contribution in [0.5, 0.6) is 5.75 Å². The molecule has 3 aromatic carbocycles. The summed E-state index contributed by atoms with van der Waals surface area (Å²) in [5, 5.41) is 2.74. The molecule has 3 aromatic rings. The normalized spacial score (nSPS) is 12.1. The van der Waals surface area contributed by atoms with Gasteiger partial charge in [-0.05, 0) is 40.8 Å². The van der Waals surface area contributed by atoms with Gasteiger partial charge < -0.3 is 9.47 Å². The number of hydrogen-bond acceptors (Lipinski definition) is 4. The van der Waals surface area contributed by atoms with Crippen molar-refractivity contribution in [2.45, 2.75) is 26.2 Å². The maximum atomic E-state index is 12.6. The SMILES string of the molecule is CCC(=O)Oc1cccc(C)c1NC(=O)OCC1c2ccccc2-c2ccccc21. The van der Waals surface area contributed by atoms with E-state index >= 15 is 0 Å². The largest absolute Gasteiger partial charge is 0.448 e. The van der Waals surface area contributed by atoms with Crippen molar-refractivity contribution < 1.29 is 19.1 Å². The van der Waals surface area contributed by atoms with Crippen molar-refractivity contribution in [3.8, 4) is 16.9 Å². The fourth-order valence-electron chi connectivity index (χ4n) is 3.82. The Kier molecular flexibility index (Phi) is 5.53. The lowest BCUT2D eigenvalue weighted by Crippen LogP contribution is -2.19. The van der Waals surface area contributed by atoms with Gasteiger partial charge in [-0.3, -0.25) is 10.1 Å². The van der Waals surface area contributed by atoms with Crippen LogP contribution in [0, 0.1) is 6.92 Å². The number of aryl methyl sites for hydroxylation is 1. The maximum absolute atomic E-state index is 12.6. The van der Waals surface area contributed by atoms with E-state index in [9.17, 15) is 9.59 Å². The highest BCUT2D eigenvalue weighted by atomic mass is 16.6. The second-order valence-electron chi connectivity index (χ2n) is 7.23. The second kappa shape index (κ2) is 8.41. The van der Waals surface area contributed by atoms with Crippen LogP contribution < -0.4 is 10.1 Å². The highest BCUT2D eigenvalue weighted by Gasteiger charge is 2.29. The van der Waals surface area contributed by atoms with Crippen molar-refractivity contribution in [3.63, 3.8) is 0 Å². The summed E-state index contributed by atoms with van der Waals surface area (Å²) >= 11 is 0. The summed E-state index contributed by atoms with van der Waals surface area (Å²) in [4.78, 5) is 24.3. The molecule has 0 saturated heterocycles. The first-order valence-corrected chi connectivity index (χ1v) is 10.0. The molecule has 0 radical (unpaired) electrons. The van der Waals surface area contributed by atoms with Crippen molar-refractivity contribution in [2.75, 3.05) is 11.9 Å². The van der Waals surface area contributed by atoms with Crippen LogP contribution >= 0.6 is 0 Å². The number of rotatable bonds is 5. The van der Waals surface area contributed by atoms with Gasteiger partial charge in [0, 0.05) is 12.3 Å². The highest BCUT2D eigenvalue weighted by Crippen LogP contribution is 2.44. The monoisotopic (exact) mass is 401 g/mol. The van der Waals surface area contributed by atoms with Crippen molar-refractivity contribution >= 4 is 17.7 Å². The lowest BCUT2D eigenvalue weighted by molar-refractivity contribution is -0.133. The molecule has 0 saturated carbocycles. The minimum Gasteiger partial charge on any atom is -0.448 e. The highest BCUT2D eigenvalue weighted by molar-refractivity contribution is 5.89. The third kappa shape index (κ3) is 3.79. The Labute approximate surface area is 175 Å². The third-order valence-electron chi connectivity index (χ3n) is 5.32. The molecule has 5 heteroatoms. The molecular formula is C25H23NO4. The summed E-state index contributed by atoms with van der Waals surface area (Å²) in [5.41, 5.74) is 5.88. The fourth-order valence-corrected chi connectivity index (χ4v) is 3.82. The third-order valence-corrected chi connectivity index (χ3v) is 5.32. The van der Waals surface area contributed by atoms with Crippen LogP contribution in [0.25, 0.3) is 11.1 Å². The zero-order valence-electron chi connectivity index (χ0n) is 17.0. The van der Waals surface area contributed by atoms with Gasteiger partial charge >= 0.3 is 12.1 Å². The average Bonchev–Trinajstić information content (AvgIpc) is 3.08. The Morgan fingerprint density at radius 1 is 0.900 bits per heavy atom. The first kappa shape index (κ1) is 19.7. The minimum atomic E-state index is -0.583. The Morgan fingerprint density at radius 2 is 1.53 bits per heavy atom. The van der Waals surface area contributed by atoms with Gasteiger partial charge in [0.05, 0.1) is 5.69 Å². The molecule has 0 bridgehead atoms. The van der Waals surface area contributed by atoms with Gasteiger partial charge in [-0.15, -0.1) is 0 Å². The standard InChI is InChI=1S/C25H23NO4/c1-3-23(27)30-22-14-8-9-16(2)24(22)26-25(28)29-15-21-19-12-6-4-10-17(19)18-11-5-7-13-20(18)21/h4-14,21H,3,15H2,1-2H3,(H,26,28). The number of esters is 1. The summed E-state index contributed by atoms with van der Waals surface area (Å²) in [6.45, 7) is 3.77. The number of amides is 1. The Bertz CT molecular complexity index is 1060. The van der Waals surface area contributed by atoms with Gasteiger partial charge in [-0.2, -0.15) is 0 Å². The minimum absolute atomic E-state index is 0.0163. The fraction of sp³-hybridized carbons (Fsp3) is 0.200. The van der Waals surface area contributed by atoms with Gasteiger partial charge in [0.15, 0.2) is 5.75 Å². The number of para-hydroxylation sites is 1. The van der Waals surface area contributed by atoms with Gasteiger partial charge in [-0.1, -0.05) is 67.6 Å². The van der Waals surface area contributed by atoms with Crippen LogP contribution in [0.1, 0.15) is 36.0 Å². The molecule has 1 N–H and O–H groups in total. The average molecular weight is 401 g/mol. The lowest BCUT2D eigenvalue weighted by atomic mass is 9.98. The molecule has 0 aliphatic heterocycles. The van der Waals surface area contributed by atoms with Crippen molar-refractivity contribution in [1.82, 2.24) is 0 Å². The van der Waals surface area contributed by atoms with Crippen LogP contribution in [-0.2, 0) is 9.53 Å². The van der Waals surface area contributed by atoms with E-state index in [-0.39, 0.29) is 24.9 Å². The van der Waals surface area contributed by atoms with E-state index in [0.29, 0.717) is 11.4 Å². The van der Waals surface area contributed by atoms with Crippen molar-refractivity contribution in [1.29, 1.82) is 0 Å². The molecule has 30 heavy (non-hydrogen) atoms. The second-order valence-corrected chi connectivity index (χ2v) is 7.23. The Morgan fingerprint density at radius 3 is 2.17 bits per heavy atom. The number of benzene rings is 3. The number of carbonyl (C=O) groups is 2. The summed E-state index contributed by atoms with van der Waals surface area (Å²) < 4.78 is 10.9. The zero-order valence-corrected chi connectivity index (χ0v) is 17.0. The van der Waals surface area contributed by atoms with Crippen LogP contribution in [0.2, 0.25) is 0 Å². The van der Waals surface area contributed by atoms with E-state index in [2.05, 4.69) is 29.6 Å². The molecule has 0 spiro atoms. The van der Waals surface area contributed by atoms with Crippen LogP contribution in [0.3, 0.4) is 0 Å². The molecule has 0 heterocycles. The summed E-state index contributed by atoms with van der Waals surface area (Å²) in [6.07, 6.45) is -0.335. The lowest BCUT2D eigenvalue weighted by Gasteiger charge is -2.16. The molecule has 0 fully saturated rings. The molecular weight excluding hydrogens is 378 g/mol. The van der Waals surface area contributed by atoms with E-state index in [4.69, 9.17) is 9.47 Å². The molecule has 0 aromatic heterocycles. The summed E-state index contributed by atoms with van der Waals surface area (Å²) in [7, 11) is 0. The number of nitrogens with one attached hydrogen (secondary N) is 1. The topological polar surface area (TPSA) is 64.6 Å². The molecule has 1 aliphatic rings.